The lowest BCUT2D eigenvalue weighted by atomic mass is 10.5. The van der Waals surface area contributed by atoms with Crippen LogP contribution in [0.25, 0.3) is 0 Å². The number of nitrogens with zero attached hydrogens (tertiary/aromatic N) is 2. The van der Waals surface area contributed by atoms with Crippen LogP contribution >= 0.6 is 31.4 Å². The van der Waals surface area contributed by atoms with Crippen molar-refractivity contribution in [2.45, 2.75) is 11.5 Å². The summed E-state index contributed by atoms with van der Waals surface area (Å²) in [4.78, 5) is 8.22. The molecule has 6 heteroatoms. The van der Waals surface area contributed by atoms with Gasteiger partial charge < -0.3 is 4.42 Å². The first-order valence-electron chi connectivity index (χ1n) is 4.63. The summed E-state index contributed by atoms with van der Waals surface area (Å²) in [6.07, 6.45) is 6.90. The minimum absolute atomic E-state index is 0.879. The van der Waals surface area contributed by atoms with E-state index in [1.807, 2.05) is 12.1 Å². The molecule has 2 aromatic rings. The van der Waals surface area contributed by atoms with Gasteiger partial charge in [-0.05, 0) is 22.0 Å². The monoisotopic (exact) mass is 270 g/mol. The molecular weight excluding hydrogens is 260 g/mol. The summed E-state index contributed by atoms with van der Waals surface area (Å²) in [5, 5.41) is 0. The van der Waals surface area contributed by atoms with E-state index in [0.717, 1.165) is 23.0 Å². The van der Waals surface area contributed by atoms with Crippen molar-refractivity contribution in [2.24, 2.45) is 0 Å². The lowest BCUT2D eigenvalue weighted by Gasteiger charge is -1.98. The summed E-state index contributed by atoms with van der Waals surface area (Å²) < 4.78 is 5.23. The maximum Gasteiger partial charge on any atom is 0.114 e. The highest BCUT2D eigenvalue weighted by atomic mass is 33.5. The molecule has 2 rings (SSSR count). The quantitative estimate of drug-likeness (QED) is 0.587. The molecular formula is C10H10N2OS3. The van der Waals surface area contributed by atoms with Crippen LogP contribution in [0.4, 0.5) is 0 Å². The molecule has 0 saturated heterocycles. The first-order chi connectivity index (χ1) is 7.95. The van der Waals surface area contributed by atoms with Gasteiger partial charge in [-0.25, -0.2) is 0 Å². The second-order valence-electron chi connectivity index (χ2n) is 2.87. The maximum atomic E-state index is 5.23. The Morgan fingerprint density at radius 1 is 1.19 bits per heavy atom. The lowest BCUT2D eigenvalue weighted by Crippen LogP contribution is -1.84. The summed E-state index contributed by atoms with van der Waals surface area (Å²) in [6.45, 7) is 0. The molecule has 0 aliphatic heterocycles. The number of furan rings is 1. The number of hydrogen-bond donors (Lipinski definition) is 0. The fourth-order valence-corrected chi connectivity index (χ4v) is 4.40. The van der Waals surface area contributed by atoms with Crippen molar-refractivity contribution >= 4 is 31.4 Å². The average Bonchev–Trinajstić information content (AvgIpc) is 2.83. The Morgan fingerprint density at radius 3 is 2.88 bits per heavy atom. The first kappa shape index (κ1) is 11.9. The van der Waals surface area contributed by atoms with Gasteiger partial charge in [0.2, 0.25) is 0 Å². The fraction of sp³-hybridized carbons (Fsp3) is 0.200. The van der Waals surface area contributed by atoms with Crippen LogP contribution < -0.4 is 0 Å². The van der Waals surface area contributed by atoms with Crippen LogP contribution in [0.5, 0.6) is 0 Å². The van der Waals surface area contributed by atoms with Crippen LogP contribution in [-0.2, 0) is 11.5 Å². The Morgan fingerprint density at radius 2 is 2.12 bits per heavy atom. The molecule has 0 aromatic carbocycles. The van der Waals surface area contributed by atoms with Crippen molar-refractivity contribution < 1.29 is 4.42 Å². The van der Waals surface area contributed by atoms with Gasteiger partial charge in [0.25, 0.3) is 0 Å². The SMILES string of the molecule is c1coc(CSSSCc2cnccn2)c1. The maximum absolute atomic E-state index is 5.23. The molecule has 0 aliphatic rings. The molecule has 0 saturated carbocycles. The Hall–Kier alpha value is -0.590. The van der Waals surface area contributed by atoms with E-state index in [1.54, 1.807) is 56.3 Å². The average molecular weight is 270 g/mol. The minimum Gasteiger partial charge on any atom is -0.468 e. The highest BCUT2D eigenvalue weighted by molar-refractivity contribution is 9.09. The molecule has 0 fully saturated rings. The topological polar surface area (TPSA) is 38.9 Å². The van der Waals surface area contributed by atoms with E-state index in [9.17, 15) is 0 Å². The van der Waals surface area contributed by atoms with Crippen molar-refractivity contribution in [3.05, 3.63) is 48.4 Å². The molecule has 0 atom stereocenters. The van der Waals surface area contributed by atoms with Crippen molar-refractivity contribution in [3.63, 3.8) is 0 Å². The molecule has 0 spiro atoms. The summed E-state index contributed by atoms with van der Waals surface area (Å²) >= 11 is 0. The Bertz CT molecular complexity index is 394. The number of aromatic nitrogens is 2. The van der Waals surface area contributed by atoms with Gasteiger partial charge in [0.15, 0.2) is 0 Å². The Labute approximate surface area is 106 Å². The molecule has 2 heterocycles. The second-order valence-corrected chi connectivity index (χ2v) is 7.10. The van der Waals surface area contributed by atoms with Gasteiger partial charge >= 0.3 is 0 Å². The standard InChI is InChI=1S/C10H10N2OS3/c1-2-10(13-5-1)8-15-16-14-7-9-6-11-3-4-12-9/h1-6H,7-8H2. The van der Waals surface area contributed by atoms with Crippen molar-refractivity contribution in [3.8, 4) is 0 Å². The second kappa shape index (κ2) is 6.88. The van der Waals surface area contributed by atoms with E-state index in [4.69, 9.17) is 4.42 Å². The molecule has 0 aliphatic carbocycles. The smallest absolute Gasteiger partial charge is 0.114 e. The van der Waals surface area contributed by atoms with Gasteiger partial charge in [0, 0.05) is 24.3 Å². The number of hydrogen-bond acceptors (Lipinski definition) is 6. The Balaban J connectivity index is 1.59. The van der Waals surface area contributed by atoms with E-state index in [0.29, 0.717) is 0 Å². The zero-order chi connectivity index (χ0) is 11.1. The highest BCUT2D eigenvalue weighted by Gasteiger charge is 1.98. The van der Waals surface area contributed by atoms with Gasteiger partial charge in [0.05, 0.1) is 17.7 Å². The van der Waals surface area contributed by atoms with Crippen LogP contribution in [-0.4, -0.2) is 9.97 Å². The van der Waals surface area contributed by atoms with E-state index >= 15 is 0 Å². The highest BCUT2D eigenvalue weighted by Crippen LogP contribution is 2.38. The van der Waals surface area contributed by atoms with E-state index in [-0.39, 0.29) is 0 Å². The third-order valence-corrected chi connectivity index (χ3v) is 5.73. The third-order valence-electron chi connectivity index (χ3n) is 1.70. The van der Waals surface area contributed by atoms with E-state index in [1.165, 1.54) is 0 Å². The molecule has 2 aromatic heterocycles. The van der Waals surface area contributed by atoms with Crippen LogP contribution in [0.2, 0.25) is 0 Å². The van der Waals surface area contributed by atoms with Crippen LogP contribution in [0.3, 0.4) is 0 Å². The van der Waals surface area contributed by atoms with Crippen molar-refractivity contribution in [1.82, 2.24) is 9.97 Å². The largest absolute Gasteiger partial charge is 0.468 e. The fourth-order valence-electron chi connectivity index (χ4n) is 1.000. The summed E-state index contributed by atoms with van der Waals surface area (Å²) in [7, 11) is 5.28. The molecule has 0 bridgehead atoms. The molecule has 84 valence electrons. The predicted octanol–water partition coefficient (Wildman–Crippen LogP) is 3.80. The minimum atomic E-state index is 0.879. The van der Waals surface area contributed by atoms with Gasteiger partial charge in [-0.1, -0.05) is 21.6 Å². The van der Waals surface area contributed by atoms with Gasteiger partial charge in [-0.15, -0.1) is 0 Å². The van der Waals surface area contributed by atoms with E-state index < -0.39 is 0 Å². The predicted molar refractivity (Wildman–Crippen MR) is 70.9 cm³/mol. The van der Waals surface area contributed by atoms with Crippen molar-refractivity contribution in [1.29, 1.82) is 0 Å². The molecule has 0 unspecified atom stereocenters. The van der Waals surface area contributed by atoms with E-state index in [2.05, 4.69) is 9.97 Å². The summed E-state index contributed by atoms with van der Waals surface area (Å²) in [5.74, 6) is 2.78. The van der Waals surface area contributed by atoms with Crippen molar-refractivity contribution in [2.75, 3.05) is 0 Å². The van der Waals surface area contributed by atoms with Crippen LogP contribution in [0.1, 0.15) is 11.5 Å². The molecule has 0 amide bonds. The zero-order valence-corrected chi connectivity index (χ0v) is 10.9. The molecule has 0 N–H and O–H groups in total. The Kier molecular flexibility index (Phi) is 5.11. The normalized spacial score (nSPS) is 10.5. The number of rotatable bonds is 6. The van der Waals surface area contributed by atoms with Gasteiger partial charge in [-0.3, -0.25) is 9.97 Å². The zero-order valence-electron chi connectivity index (χ0n) is 8.41. The molecule has 16 heavy (non-hydrogen) atoms. The van der Waals surface area contributed by atoms with Crippen LogP contribution in [0.15, 0.2) is 41.4 Å². The molecule has 3 nitrogen and oxygen atoms in total. The first-order valence-corrected chi connectivity index (χ1v) is 8.45. The van der Waals surface area contributed by atoms with Gasteiger partial charge in [0.1, 0.15) is 5.76 Å². The third kappa shape index (κ3) is 4.11. The summed E-state index contributed by atoms with van der Waals surface area (Å²) in [6, 6.07) is 3.90. The van der Waals surface area contributed by atoms with Gasteiger partial charge in [-0.2, -0.15) is 0 Å². The summed E-state index contributed by atoms with van der Waals surface area (Å²) in [5.41, 5.74) is 1.01. The van der Waals surface area contributed by atoms with Crippen LogP contribution in [0, 0.1) is 0 Å². The lowest BCUT2D eigenvalue weighted by molar-refractivity contribution is 0.530. The molecule has 0 radical (unpaired) electrons.